The molecule has 1 N–H and O–H groups in total. The highest BCUT2D eigenvalue weighted by molar-refractivity contribution is 9.09. The van der Waals surface area contributed by atoms with E-state index in [2.05, 4.69) is 15.9 Å². The minimum absolute atomic E-state index is 0.0249. The summed E-state index contributed by atoms with van der Waals surface area (Å²) in [7, 11) is 0. The summed E-state index contributed by atoms with van der Waals surface area (Å²) in [6.07, 6.45) is 0.823. The van der Waals surface area contributed by atoms with E-state index in [1.165, 1.54) is 0 Å². The van der Waals surface area contributed by atoms with Gasteiger partial charge in [0, 0.05) is 6.42 Å². The molecule has 1 saturated carbocycles. The normalized spacial score (nSPS) is 46.1. The lowest BCUT2D eigenvalue weighted by Gasteiger charge is -2.32. The smallest absolute Gasteiger partial charge is 0.313 e. The Hall–Kier alpha value is -0.580. The number of fused-ring (bicyclic) bond motifs is 2. The molecule has 4 atom stereocenters. The lowest BCUT2D eigenvalue weighted by atomic mass is 9.68. The van der Waals surface area contributed by atoms with Crippen LogP contribution in [-0.2, 0) is 14.3 Å². The van der Waals surface area contributed by atoms with Gasteiger partial charge in [-0.1, -0.05) is 15.9 Å². The van der Waals surface area contributed by atoms with Crippen molar-refractivity contribution >= 4 is 27.9 Å². The predicted molar refractivity (Wildman–Crippen MR) is 51.1 cm³/mol. The molecule has 0 amide bonds. The fraction of sp³-hybridized carbons (Fsp3) is 0.778. The van der Waals surface area contributed by atoms with Crippen LogP contribution >= 0.6 is 15.9 Å². The molecule has 0 aromatic heterocycles. The summed E-state index contributed by atoms with van der Waals surface area (Å²) in [6.45, 7) is 1.69. The second-order valence-corrected chi connectivity index (χ2v) is 5.38. The maximum Gasteiger partial charge on any atom is 0.313 e. The average molecular weight is 263 g/mol. The topological polar surface area (TPSA) is 63.6 Å². The lowest BCUT2D eigenvalue weighted by molar-refractivity contribution is -0.156. The van der Waals surface area contributed by atoms with E-state index in [0.29, 0.717) is 12.8 Å². The van der Waals surface area contributed by atoms with Crippen LogP contribution in [0.1, 0.15) is 19.8 Å². The van der Waals surface area contributed by atoms with Gasteiger partial charge in [-0.25, -0.2) is 0 Å². The van der Waals surface area contributed by atoms with Crippen molar-refractivity contribution in [1.82, 2.24) is 0 Å². The number of aliphatic carboxylic acids is 1. The van der Waals surface area contributed by atoms with Gasteiger partial charge < -0.3 is 9.84 Å². The van der Waals surface area contributed by atoms with Crippen LogP contribution < -0.4 is 0 Å². The van der Waals surface area contributed by atoms with E-state index < -0.39 is 17.3 Å². The Bertz CT molecular complexity index is 303. The molecule has 14 heavy (non-hydrogen) atoms. The Kier molecular flexibility index (Phi) is 2.10. The number of halogens is 1. The van der Waals surface area contributed by atoms with Crippen molar-refractivity contribution in [3.8, 4) is 0 Å². The van der Waals surface area contributed by atoms with E-state index >= 15 is 0 Å². The van der Waals surface area contributed by atoms with Gasteiger partial charge >= 0.3 is 11.9 Å². The number of alkyl halides is 1. The molecule has 0 spiro atoms. The molecule has 1 aliphatic carbocycles. The maximum atomic E-state index is 11.5. The molecule has 4 nitrogen and oxygen atoms in total. The monoisotopic (exact) mass is 262 g/mol. The van der Waals surface area contributed by atoms with Gasteiger partial charge in [0.2, 0.25) is 0 Å². The number of ether oxygens (including phenoxy) is 1. The third-order valence-corrected chi connectivity index (χ3v) is 4.24. The van der Waals surface area contributed by atoms with Crippen molar-refractivity contribution in [3.05, 3.63) is 0 Å². The molecule has 1 aliphatic heterocycles. The van der Waals surface area contributed by atoms with E-state index in [0.717, 1.165) is 0 Å². The molecule has 0 unspecified atom stereocenters. The Labute approximate surface area is 89.7 Å². The number of carboxylic acid groups (broad SMARTS) is 1. The number of hydrogen-bond donors (Lipinski definition) is 1. The van der Waals surface area contributed by atoms with Crippen LogP contribution in [-0.4, -0.2) is 28.0 Å². The fourth-order valence-electron chi connectivity index (χ4n) is 2.31. The second-order valence-electron chi connectivity index (χ2n) is 4.21. The zero-order valence-electron chi connectivity index (χ0n) is 7.70. The summed E-state index contributed by atoms with van der Waals surface area (Å²) in [5.74, 6) is -1.90. The quantitative estimate of drug-likeness (QED) is 0.570. The second kappa shape index (κ2) is 2.95. The highest BCUT2D eigenvalue weighted by Crippen LogP contribution is 2.50. The zero-order chi connectivity index (χ0) is 10.5. The van der Waals surface area contributed by atoms with Crippen LogP contribution in [0.3, 0.4) is 0 Å². The number of carbonyl (C=O) groups is 2. The first kappa shape index (κ1) is 9.96. The van der Waals surface area contributed by atoms with E-state index in [4.69, 9.17) is 9.84 Å². The fourth-order valence-corrected chi connectivity index (χ4v) is 2.98. The Balaban J connectivity index is 2.35. The maximum absolute atomic E-state index is 11.5. The molecule has 0 aromatic carbocycles. The van der Waals surface area contributed by atoms with Gasteiger partial charge in [-0.05, 0) is 13.3 Å². The Morgan fingerprint density at radius 1 is 1.71 bits per heavy atom. The summed E-state index contributed by atoms with van der Waals surface area (Å²) < 4.78 is 5.13. The van der Waals surface area contributed by atoms with Crippen LogP contribution in [0.2, 0.25) is 0 Å². The third-order valence-electron chi connectivity index (χ3n) is 3.28. The van der Waals surface area contributed by atoms with Crippen LogP contribution in [0.4, 0.5) is 0 Å². The summed E-state index contributed by atoms with van der Waals surface area (Å²) in [4.78, 5) is 22.5. The first-order valence-corrected chi connectivity index (χ1v) is 5.44. The lowest BCUT2D eigenvalue weighted by Crippen LogP contribution is -2.42. The average Bonchev–Trinajstić information content (AvgIpc) is 2.34. The summed E-state index contributed by atoms with van der Waals surface area (Å²) in [5.41, 5.74) is -0.819. The molecule has 2 rings (SSSR count). The van der Waals surface area contributed by atoms with Gasteiger partial charge in [0.05, 0.1) is 16.2 Å². The molecule has 0 radical (unpaired) electrons. The van der Waals surface area contributed by atoms with Gasteiger partial charge in [0.25, 0.3) is 0 Å². The highest BCUT2D eigenvalue weighted by Gasteiger charge is 2.59. The number of rotatable bonds is 1. The van der Waals surface area contributed by atoms with Gasteiger partial charge in [-0.2, -0.15) is 0 Å². The number of esters is 1. The van der Waals surface area contributed by atoms with Gasteiger partial charge in [0.15, 0.2) is 0 Å². The van der Waals surface area contributed by atoms with E-state index in [1.807, 2.05) is 0 Å². The Morgan fingerprint density at radius 2 is 2.36 bits per heavy atom. The van der Waals surface area contributed by atoms with Crippen molar-refractivity contribution in [2.75, 3.05) is 0 Å². The molecule has 78 valence electrons. The number of hydrogen-bond acceptors (Lipinski definition) is 3. The predicted octanol–water partition coefficient (Wildman–Crippen LogP) is 1.18. The first-order valence-electron chi connectivity index (χ1n) is 4.53. The largest absolute Gasteiger partial charge is 0.481 e. The Morgan fingerprint density at radius 3 is 2.93 bits per heavy atom. The van der Waals surface area contributed by atoms with E-state index in [-0.39, 0.29) is 16.9 Å². The van der Waals surface area contributed by atoms with Gasteiger partial charge in [-0.15, -0.1) is 0 Å². The van der Waals surface area contributed by atoms with Crippen molar-refractivity contribution in [2.24, 2.45) is 11.3 Å². The van der Waals surface area contributed by atoms with E-state index in [1.54, 1.807) is 6.92 Å². The number of carbonyl (C=O) groups excluding carboxylic acids is 1. The molecule has 1 saturated heterocycles. The van der Waals surface area contributed by atoms with Crippen LogP contribution in [0.25, 0.3) is 0 Å². The minimum atomic E-state index is -0.908. The number of carboxylic acids is 1. The summed E-state index contributed by atoms with van der Waals surface area (Å²) in [6, 6.07) is 0. The molecule has 2 fully saturated rings. The van der Waals surface area contributed by atoms with E-state index in [9.17, 15) is 9.59 Å². The van der Waals surface area contributed by atoms with Gasteiger partial charge in [0.1, 0.15) is 6.10 Å². The molecule has 0 aromatic rings. The highest BCUT2D eigenvalue weighted by atomic mass is 79.9. The summed E-state index contributed by atoms with van der Waals surface area (Å²) in [5, 5.41) is 9.03. The van der Waals surface area contributed by atoms with Crippen LogP contribution in [0.15, 0.2) is 0 Å². The third kappa shape index (κ3) is 1.18. The zero-order valence-corrected chi connectivity index (χ0v) is 9.28. The first-order chi connectivity index (χ1) is 6.45. The van der Waals surface area contributed by atoms with Crippen molar-refractivity contribution < 1.29 is 19.4 Å². The van der Waals surface area contributed by atoms with Gasteiger partial charge in [-0.3, -0.25) is 9.59 Å². The van der Waals surface area contributed by atoms with Crippen molar-refractivity contribution in [1.29, 1.82) is 0 Å². The van der Waals surface area contributed by atoms with Crippen molar-refractivity contribution in [2.45, 2.75) is 30.7 Å². The molecule has 1 heterocycles. The SMILES string of the molecule is C[C@]12C[C@@H](OC1=O)[C@H](Br)C[C@@H]2C(=O)O. The minimum Gasteiger partial charge on any atom is -0.481 e. The standard InChI is InChI=1S/C9H11BrO4/c1-9-3-6(14-8(9)13)5(10)2-4(9)7(11)12/h4-6H,2-3H2,1H3,(H,11,12)/t4-,5-,6-,9-/m1/s1. The van der Waals surface area contributed by atoms with Crippen LogP contribution in [0.5, 0.6) is 0 Å². The summed E-state index contributed by atoms with van der Waals surface area (Å²) >= 11 is 3.36. The molecule has 5 heteroatoms. The molecule has 2 bridgehead atoms. The molecule has 2 aliphatic rings. The van der Waals surface area contributed by atoms with Crippen molar-refractivity contribution in [3.63, 3.8) is 0 Å². The van der Waals surface area contributed by atoms with Crippen LogP contribution in [0, 0.1) is 11.3 Å². The molecular weight excluding hydrogens is 252 g/mol. The molecular formula is C9H11BrO4.